The lowest BCUT2D eigenvalue weighted by molar-refractivity contribution is 0.365. The van der Waals surface area contributed by atoms with Gasteiger partial charge in [0.2, 0.25) is 0 Å². The first kappa shape index (κ1) is 9.40. The Morgan fingerprint density at radius 3 is 2.36 bits per heavy atom. The van der Waals surface area contributed by atoms with Crippen LogP contribution in [0.1, 0.15) is 40.5 Å². The highest BCUT2D eigenvalue weighted by Gasteiger charge is 2.38. The fourth-order valence-electron chi connectivity index (χ4n) is 1.74. The Labute approximate surface area is 74.3 Å². The highest BCUT2D eigenvalue weighted by atomic mass is 32.2. The molecule has 1 saturated heterocycles. The molecule has 1 aliphatic rings. The van der Waals surface area contributed by atoms with E-state index < -0.39 is 0 Å². The van der Waals surface area contributed by atoms with Gasteiger partial charge >= 0.3 is 0 Å². The van der Waals surface area contributed by atoms with E-state index in [-0.39, 0.29) is 0 Å². The van der Waals surface area contributed by atoms with Crippen molar-refractivity contribution < 1.29 is 0 Å². The molecule has 0 aromatic heterocycles. The van der Waals surface area contributed by atoms with Crippen molar-refractivity contribution in [3.05, 3.63) is 0 Å². The molecule has 1 atom stereocenters. The molecule has 1 aliphatic heterocycles. The highest BCUT2D eigenvalue weighted by Crippen LogP contribution is 2.37. The number of rotatable bonds is 2. The number of thioether (sulfide) groups is 1. The van der Waals surface area contributed by atoms with Crippen LogP contribution in [0.15, 0.2) is 0 Å². The van der Waals surface area contributed by atoms with Gasteiger partial charge in [-0.3, -0.25) is 5.32 Å². The molecule has 2 heteroatoms. The molecule has 1 N–H and O–H groups in total. The molecule has 0 radical (unpaired) electrons. The second kappa shape index (κ2) is 2.98. The fraction of sp³-hybridized carbons (Fsp3) is 1.00. The lowest BCUT2D eigenvalue weighted by Gasteiger charge is -2.27. The molecule has 0 bridgehead atoms. The molecule has 1 rings (SSSR count). The summed E-state index contributed by atoms with van der Waals surface area (Å²) in [6.07, 6.45) is 2.55. The third-order valence-corrected chi connectivity index (χ3v) is 3.89. The fourth-order valence-corrected chi connectivity index (χ4v) is 3.19. The standard InChI is InChI=1S/C9H19NS/c1-5-6-9(4)10-8(2,3)7-11-9/h10H,5-7H2,1-4H3. The summed E-state index contributed by atoms with van der Waals surface area (Å²) in [6.45, 7) is 9.12. The average molecular weight is 173 g/mol. The zero-order valence-electron chi connectivity index (χ0n) is 8.03. The maximum atomic E-state index is 3.67. The molecule has 0 amide bonds. The minimum absolute atomic E-state index is 0.342. The maximum absolute atomic E-state index is 3.67. The van der Waals surface area contributed by atoms with E-state index in [1.54, 1.807) is 0 Å². The summed E-state index contributed by atoms with van der Waals surface area (Å²) in [5, 5.41) is 3.67. The maximum Gasteiger partial charge on any atom is 0.0621 e. The smallest absolute Gasteiger partial charge is 0.0621 e. The number of nitrogens with one attached hydrogen (secondary N) is 1. The molecule has 0 aromatic carbocycles. The van der Waals surface area contributed by atoms with Crippen molar-refractivity contribution in [3.63, 3.8) is 0 Å². The first-order chi connectivity index (χ1) is 4.97. The van der Waals surface area contributed by atoms with Crippen LogP contribution in [0.25, 0.3) is 0 Å². The first-order valence-corrected chi connectivity index (χ1v) is 5.39. The molecule has 0 aliphatic carbocycles. The third-order valence-electron chi connectivity index (χ3n) is 2.08. The molecule has 66 valence electrons. The van der Waals surface area contributed by atoms with Gasteiger partial charge in [-0.1, -0.05) is 13.3 Å². The minimum Gasteiger partial charge on any atom is -0.297 e. The van der Waals surface area contributed by atoms with Gasteiger partial charge in [0.15, 0.2) is 0 Å². The molecule has 1 unspecified atom stereocenters. The predicted molar refractivity (Wildman–Crippen MR) is 53.0 cm³/mol. The van der Waals surface area contributed by atoms with Crippen molar-refractivity contribution in [1.29, 1.82) is 0 Å². The summed E-state index contributed by atoms with van der Waals surface area (Å²) in [7, 11) is 0. The Hall–Kier alpha value is 0.310. The van der Waals surface area contributed by atoms with Crippen LogP contribution < -0.4 is 5.32 Å². The Morgan fingerprint density at radius 2 is 2.00 bits per heavy atom. The zero-order valence-corrected chi connectivity index (χ0v) is 8.85. The second-order valence-electron chi connectivity index (χ2n) is 4.28. The summed E-state index contributed by atoms with van der Waals surface area (Å²) >= 11 is 2.07. The van der Waals surface area contributed by atoms with Crippen LogP contribution in [0.2, 0.25) is 0 Å². The topological polar surface area (TPSA) is 12.0 Å². The SMILES string of the molecule is CCCC1(C)NC(C)(C)CS1. The summed E-state index contributed by atoms with van der Waals surface area (Å²) in [5.74, 6) is 1.24. The quantitative estimate of drug-likeness (QED) is 0.689. The minimum atomic E-state index is 0.342. The number of hydrogen-bond donors (Lipinski definition) is 1. The normalized spacial score (nSPS) is 36.0. The van der Waals surface area contributed by atoms with Crippen LogP contribution >= 0.6 is 11.8 Å². The highest BCUT2D eigenvalue weighted by molar-refractivity contribution is 8.00. The molecule has 1 fully saturated rings. The number of hydrogen-bond acceptors (Lipinski definition) is 2. The Kier molecular flexibility index (Phi) is 2.55. The molecular formula is C9H19NS. The Balaban J connectivity index is 2.51. The lowest BCUT2D eigenvalue weighted by Crippen LogP contribution is -2.45. The largest absolute Gasteiger partial charge is 0.297 e. The van der Waals surface area contributed by atoms with Crippen molar-refractivity contribution in [1.82, 2.24) is 5.32 Å². The molecular weight excluding hydrogens is 154 g/mol. The molecule has 0 aromatic rings. The second-order valence-corrected chi connectivity index (χ2v) is 5.76. The summed E-state index contributed by atoms with van der Waals surface area (Å²) in [4.78, 5) is 0.345. The van der Waals surface area contributed by atoms with E-state index in [9.17, 15) is 0 Å². The van der Waals surface area contributed by atoms with Crippen LogP contribution in [-0.2, 0) is 0 Å². The van der Waals surface area contributed by atoms with E-state index >= 15 is 0 Å². The van der Waals surface area contributed by atoms with Crippen molar-refractivity contribution >= 4 is 11.8 Å². The molecule has 11 heavy (non-hydrogen) atoms. The van der Waals surface area contributed by atoms with Gasteiger partial charge in [0.05, 0.1) is 4.87 Å². The van der Waals surface area contributed by atoms with E-state index in [2.05, 4.69) is 44.8 Å². The van der Waals surface area contributed by atoms with Gasteiger partial charge in [-0.05, 0) is 27.2 Å². The first-order valence-electron chi connectivity index (χ1n) is 4.41. The van der Waals surface area contributed by atoms with E-state index in [0.717, 1.165) is 0 Å². The van der Waals surface area contributed by atoms with Crippen LogP contribution in [0.3, 0.4) is 0 Å². The van der Waals surface area contributed by atoms with Gasteiger partial charge in [-0.2, -0.15) is 0 Å². The van der Waals surface area contributed by atoms with E-state index in [4.69, 9.17) is 0 Å². The monoisotopic (exact) mass is 173 g/mol. The van der Waals surface area contributed by atoms with Crippen molar-refractivity contribution in [2.24, 2.45) is 0 Å². The Bertz CT molecular complexity index is 144. The zero-order chi connectivity index (χ0) is 8.54. The molecule has 1 heterocycles. The van der Waals surface area contributed by atoms with Gasteiger partial charge in [0, 0.05) is 11.3 Å². The van der Waals surface area contributed by atoms with Crippen molar-refractivity contribution in [2.75, 3.05) is 5.75 Å². The van der Waals surface area contributed by atoms with Crippen LogP contribution in [0, 0.1) is 0 Å². The van der Waals surface area contributed by atoms with Crippen molar-refractivity contribution in [2.45, 2.75) is 50.9 Å². The van der Waals surface area contributed by atoms with Gasteiger partial charge in [0.1, 0.15) is 0 Å². The lowest BCUT2D eigenvalue weighted by atomic mass is 10.1. The molecule has 0 saturated carbocycles. The van der Waals surface area contributed by atoms with Gasteiger partial charge < -0.3 is 0 Å². The van der Waals surface area contributed by atoms with Gasteiger partial charge in [-0.15, -0.1) is 11.8 Å². The molecule has 0 spiro atoms. The van der Waals surface area contributed by atoms with E-state index in [1.807, 2.05) is 0 Å². The van der Waals surface area contributed by atoms with E-state index in [0.29, 0.717) is 10.4 Å². The van der Waals surface area contributed by atoms with Crippen LogP contribution in [0.4, 0.5) is 0 Å². The average Bonchev–Trinajstić information content (AvgIpc) is 2.07. The summed E-state index contributed by atoms with van der Waals surface area (Å²) in [6, 6.07) is 0. The van der Waals surface area contributed by atoms with E-state index in [1.165, 1.54) is 18.6 Å². The van der Waals surface area contributed by atoms with Gasteiger partial charge in [0.25, 0.3) is 0 Å². The Morgan fingerprint density at radius 1 is 1.36 bits per heavy atom. The van der Waals surface area contributed by atoms with Crippen molar-refractivity contribution in [3.8, 4) is 0 Å². The summed E-state index contributed by atoms with van der Waals surface area (Å²) < 4.78 is 0. The predicted octanol–water partition coefficient (Wildman–Crippen LogP) is 2.62. The molecule has 1 nitrogen and oxygen atoms in total. The van der Waals surface area contributed by atoms with Crippen LogP contribution in [-0.4, -0.2) is 16.2 Å². The summed E-state index contributed by atoms with van der Waals surface area (Å²) in [5.41, 5.74) is 0.342. The van der Waals surface area contributed by atoms with Crippen LogP contribution in [0.5, 0.6) is 0 Å². The van der Waals surface area contributed by atoms with Gasteiger partial charge in [-0.25, -0.2) is 0 Å². The third kappa shape index (κ3) is 2.38.